The Morgan fingerprint density at radius 2 is 0.716 bits per heavy atom. The van der Waals surface area contributed by atoms with Crippen molar-refractivity contribution >= 4 is 23.9 Å². The Balaban J connectivity index is 1.05. The van der Waals surface area contributed by atoms with Gasteiger partial charge in [0.25, 0.3) is 0 Å². The summed E-state index contributed by atoms with van der Waals surface area (Å²) in [6.07, 6.45) is 18.3. The molecule has 0 aromatic heterocycles. The van der Waals surface area contributed by atoms with Gasteiger partial charge in [-0.2, -0.15) is 0 Å². The number of carbonyl (C=O) groups excluding carboxylic acids is 4. The third-order valence-corrected chi connectivity index (χ3v) is 11.1. The van der Waals surface area contributed by atoms with Crippen molar-refractivity contribution < 1.29 is 56.4 Å². The van der Waals surface area contributed by atoms with E-state index in [2.05, 4.69) is 13.8 Å². The second-order valence-electron chi connectivity index (χ2n) is 16.4. The summed E-state index contributed by atoms with van der Waals surface area (Å²) in [6, 6.07) is 23.8. The van der Waals surface area contributed by atoms with Crippen LogP contribution < -0.4 is 28.4 Å². The smallest absolute Gasteiger partial charge is 0.343 e. The monoisotopic (exact) mass is 920 g/mol. The average Bonchev–Trinajstić information content (AvgIpc) is 3.32. The minimum Gasteiger partial charge on any atom is -0.491 e. The van der Waals surface area contributed by atoms with E-state index in [1.54, 1.807) is 25.1 Å². The summed E-state index contributed by atoms with van der Waals surface area (Å²) in [5.74, 6) is -3.66. The molecule has 67 heavy (non-hydrogen) atoms. The van der Waals surface area contributed by atoms with Crippen molar-refractivity contribution in [3.8, 4) is 34.5 Å². The molecule has 12 heteroatoms. The Kier molecular flexibility index (Phi) is 21.3. The third-order valence-electron chi connectivity index (χ3n) is 11.1. The molecule has 0 bridgehead atoms. The fourth-order valence-corrected chi connectivity index (χ4v) is 7.11. The molecule has 0 amide bonds. The predicted octanol–water partition coefficient (Wildman–Crippen LogP) is 14.2. The largest absolute Gasteiger partial charge is 0.491 e. The van der Waals surface area contributed by atoms with Crippen molar-refractivity contribution in [3.05, 3.63) is 143 Å². The molecular weight excluding hydrogens is 859 g/mol. The molecule has 10 nitrogen and oxygen atoms in total. The van der Waals surface area contributed by atoms with E-state index in [-0.39, 0.29) is 56.8 Å². The zero-order valence-corrected chi connectivity index (χ0v) is 38.9. The quantitative estimate of drug-likeness (QED) is 0.0272. The standard InChI is InChI=1S/C55H62F2O10/c1-4-6-8-10-12-14-16-18-35-62-50-33-27-42(37-46(50)56)54(60)64-44-29-23-40(24-30-44)52(58)66-48-21-20-22-49(39(48)3)67-53(59)41-25-31-45(32-26-41)65-55(61)43-28-34-51(47(57)38-43)63-36-19-17-15-13-11-9-7-5-2/h20-34,37-38H,4-19,35-36H2,1-3H3. The van der Waals surface area contributed by atoms with E-state index in [1.165, 1.54) is 137 Å². The molecule has 0 aliphatic heterocycles. The normalized spacial score (nSPS) is 10.9. The summed E-state index contributed by atoms with van der Waals surface area (Å²) < 4.78 is 62.7. The fourth-order valence-electron chi connectivity index (χ4n) is 7.11. The van der Waals surface area contributed by atoms with Crippen molar-refractivity contribution in [1.29, 1.82) is 0 Å². The highest BCUT2D eigenvalue weighted by Crippen LogP contribution is 2.30. The Morgan fingerprint density at radius 3 is 1.07 bits per heavy atom. The van der Waals surface area contributed by atoms with Crippen LogP contribution in [0.15, 0.2) is 103 Å². The molecule has 5 aromatic carbocycles. The van der Waals surface area contributed by atoms with Crippen LogP contribution in [0, 0.1) is 18.6 Å². The second-order valence-corrected chi connectivity index (χ2v) is 16.4. The molecule has 0 N–H and O–H groups in total. The number of rotatable bonds is 28. The molecule has 0 aliphatic carbocycles. The molecule has 0 spiro atoms. The van der Waals surface area contributed by atoms with E-state index in [9.17, 15) is 28.0 Å². The lowest BCUT2D eigenvalue weighted by molar-refractivity contribution is 0.0721. The van der Waals surface area contributed by atoms with Gasteiger partial charge >= 0.3 is 23.9 Å². The first kappa shape index (κ1) is 51.4. The van der Waals surface area contributed by atoms with Gasteiger partial charge in [-0.15, -0.1) is 0 Å². The highest BCUT2D eigenvalue weighted by Gasteiger charge is 2.19. The van der Waals surface area contributed by atoms with Gasteiger partial charge in [0.2, 0.25) is 0 Å². The number of halogens is 2. The molecular formula is C55H62F2O10. The maximum absolute atomic E-state index is 14.7. The molecule has 0 saturated carbocycles. The summed E-state index contributed by atoms with van der Waals surface area (Å²) in [6.45, 7) is 6.79. The summed E-state index contributed by atoms with van der Waals surface area (Å²) in [7, 11) is 0. The summed E-state index contributed by atoms with van der Waals surface area (Å²) in [5.41, 5.74) is 0.661. The Bertz CT molecular complexity index is 2200. The highest BCUT2D eigenvalue weighted by atomic mass is 19.1. The van der Waals surface area contributed by atoms with Crippen LogP contribution in [-0.2, 0) is 0 Å². The number of hydrogen-bond acceptors (Lipinski definition) is 10. The number of hydrogen-bond donors (Lipinski definition) is 0. The minimum absolute atomic E-state index is 0.000591. The van der Waals surface area contributed by atoms with E-state index in [0.29, 0.717) is 18.8 Å². The van der Waals surface area contributed by atoms with Gasteiger partial charge in [-0.05, 0) is 117 Å². The Morgan fingerprint density at radius 1 is 0.388 bits per heavy atom. The minimum atomic E-state index is -0.782. The third kappa shape index (κ3) is 17.0. The van der Waals surface area contributed by atoms with E-state index in [0.717, 1.165) is 50.7 Å². The number of unbranched alkanes of at least 4 members (excludes halogenated alkanes) is 14. The topological polar surface area (TPSA) is 124 Å². The lowest BCUT2D eigenvalue weighted by atomic mass is 10.1. The van der Waals surface area contributed by atoms with Gasteiger partial charge < -0.3 is 28.4 Å². The van der Waals surface area contributed by atoms with Crippen LogP contribution in [0.25, 0.3) is 0 Å². The summed E-state index contributed by atoms with van der Waals surface area (Å²) >= 11 is 0. The van der Waals surface area contributed by atoms with Gasteiger partial charge in [0.05, 0.1) is 35.5 Å². The molecule has 5 rings (SSSR count). The van der Waals surface area contributed by atoms with Crippen LogP contribution in [0.2, 0.25) is 0 Å². The van der Waals surface area contributed by atoms with E-state index < -0.39 is 35.5 Å². The fraction of sp³-hybridized carbons (Fsp3) is 0.382. The van der Waals surface area contributed by atoms with Gasteiger partial charge in [-0.25, -0.2) is 28.0 Å². The molecule has 356 valence electrons. The maximum atomic E-state index is 14.7. The lowest BCUT2D eigenvalue weighted by Crippen LogP contribution is -2.13. The first-order valence-corrected chi connectivity index (χ1v) is 23.6. The van der Waals surface area contributed by atoms with Crippen LogP contribution in [0.5, 0.6) is 34.5 Å². The van der Waals surface area contributed by atoms with E-state index in [1.807, 2.05) is 0 Å². The van der Waals surface area contributed by atoms with Crippen molar-refractivity contribution in [2.75, 3.05) is 13.2 Å². The second kappa shape index (κ2) is 27.8. The van der Waals surface area contributed by atoms with Gasteiger partial charge in [-0.1, -0.05) is 110 Å². The molecule has 0 aliphatic rings. The van der Waals surface area contributed by atoms with E-state index in [4.69, 9.17) is 28.4 Å². The summed E-state index contributed by atoms with van der Waals surface area (Å²) in [5, 5.41) is 0. The highest BCUT2D eigenvalue weighted by molar-refractivity contribution is 5.94. The molecule has 0 radical (unpaired) electrons. The number of carbonyl (C=O) groups is 4. The molecule has 0 saturated heterocycles. The Labute approximate surface area is 392 Å². The zero-order valence-electron chi connectivity index (χ0n) is 38.9. The maximum Gasteiger partial charge on any atom is 0.343 e. The molecule has 0 heterocycles. The lowest BCUT2D eigenvalue weighted by Gasteiger charge is -2.12. The molecule has 0 atom stereocenters. The van der Waals surface area contributed by atoms with Crippen LogP contribution in [-0.4, -0.2) is 37.1 Å². The number of esters is 4. The first-order chi connectivity index (χ1) is 32.6. The predicted molar refractivity (Wildman–Crippen MR) is 253 cm³/mol. The van der Waals surface area contributed by atoms with Crippen LogP contribution in [0.1, 0.15) is 164 Å². The number of benzene rings is 5. The van der Waals surface area contributed by atoms with Gasteiger partial charge in [0.1, 0.15) is 23.0 Å². The Hall–Kier alpha value is -6.56. The van der Waals surface area contributed by atoms with Crippen molar-refractivity contribution in [2.45, 2.75) is 124 Å². The van der Waals surface area contributed by atoms with Crippen molar-refractivity contribution in [3.63, 3.8) is 0 Å². The molecule has 5 aromatic rings. The molecule has 0 fully saturated rings. The van der Waals surface area contributed by atoms with Gasteiger partial charge in [0, 0.05) is 5.56 Å². The average molecular weight is 921 g/mol. The van der Waals surface area contributed by atoms with Crippen LogP contribution >= 0.6 is 0 Å². The summed E-state index contributed by atoms with van der Waals surface area (Å²) in [4.78, 5) is 51.8. The number of ether oxygens (including phenoxy) is 6. The first-order valence-electron chi connectivity index (χ1n) is 23.6. The van der Waals surface area contributed by atoms with Crippen molar-refractivity contribution in [1.82, 2.24) is 0 Å². The SMILES string of the molecule is CCCCCCCCCCOc1ccc(C(=O)Oc2ccc(C(=O)Oc3cccc(OC(=O)c4ccc(OC(=O)c5ccc(OCCCCCCCCCC)c(F)c5)cc4)c3C)cc2)cc1F. The van der Waals surface area contributed by atoms with Crippen LogP contribution in [0.4, 0.5) is 8.78 Å². The molecule has 0 unspecified atom stereocenters. The van der Waals surface area contributed by atoms with Crippen molar-refractivity contribution in [2.24, 2.45) is 0 Å². The van der Waals surface area contributed by atoms with Gasteiger partial charge in [0.15, 0.2) is 23.1 Å². The zero-order chi connectivity index (χ0) is 47.8. The van der Waals surface area contributed by atoms with Gasteiger partial charge in [-0.3, -0.25) is 0 Å². The van der Waals surface area contributed by atoms with Crippen LogP contribution in [0.3, 0.4) is 0 Å². The van der Waals surface area contributed by atoms with E-state index >= 15 is 0 Å².